The minimum atomic E-state index is 0.726. The molecule has 0 saturated heterocycles. The summed E-state index contributed by atoms with van der Waals surface area (Å²) in [6, 6.07) is 8.23. The second-order valence-corrected chi connectivity index (χ2v) is 5.27. The van der Waals surface area contributed by atoms with Gasteiger partial charge in [-0.25, -0.2) is 0 Å². The molecule has 16 heavy (non-hydrogen) atoms. The van der Waals surface area contributed by atoms with Gasteiger partial charge in [0, 0.05) is 0 Å². The summed E-state index contributed by atoms with van der Waals surface area (Å²) in [6.45, 7) is 2.81. The van der Waals surface area contributed by atoms with E-state index in [1.807, 2.05) is 12.1 Å². The molecule has 0 aliphatic heterocycles. The van der Waals surface area contributed by atoms with Crippen LogP contribution in [0.1, 0.15) is 31.2 Å². The van der Waals surface area contributed by atoms with Crippen LogP contribution in [0.15, 0.2) is 34.3 Å². The number of benzene rings is 1. The number of rotatable bonds is 3. The Kier molecular flexibility index (Phi) is 4.05. The molecule has 0 fully saturated rings. The zero-order valence-corrected chi connectivity index (χ0v) is 11.2. The fourth-order valence-electron chi connectivity index (χ4n) is 1.89. The molecule has 0 spiro atoms. The van der Waals surface area contributed by atoms with E-state index in [-0.39, 0.29) is 0 Å². The van der Waals surface area contributed by atoms with Gasteiger partial charge in [-0.1, -0.05) is 33.6 Å². The molecule has 0 heterocycles. The van der Waals surface area contributed by atoms with Crippen LogP contribution in [0.2, 0.25) is 0 Å². The lowest BCUT2D eigenvalue weighted by molar-refractivity contribution is 0.343. The topological polar surface area (TPSA) is 9.23 Å². The third-order valence-electron chi connectivity index (χ3n) is 2.94. The van der Waals surface area contributed by atoms with Gasteiger partial charge in [-0.05, 0) is 54.8 Å². The molecular formula is C14H17BrO. The van der Waals surface area contributed by atoms with Crippen LogP contribution in [0.5, 0.6) is 5.75 Å². The molecule has 0 aromatic heterocycles. The number of allylic oxidation sites excluding steroid dienone is 1. The van der Waals surface area contributed by atoms with Gasteiger partial charge >= 0.3 is 0 Å². The van der Waals surface area contributed by atoms with Crippen LogP contribution in [0, 0.1) is 6.92 Å². The third kappa shape index (κ3) is 3.11. The standard InChI is InChI=1S/C14H17BrO/c1-11-6-8-13(9-7-11)16-10-12-4-2-3-5-14(12)15/h6-9H,2-5,10H2,1H3. The average Bonchev–Trinajstić information content (AvgIpc) is 2.30. The van der Waals surface area contributed by atoms with Crippen LogP contribution in [0.3, 0.4) is 0 Å². The van der Waals surface area contributed by atoms with Crippen molar-refractivity contribution in [2.45, 2.75) is 32.6 Å². The minimum absolute atomic E-state index is 0.726. The number of hydrogen-bond donors (Lipinski definition) is 0. The normalized spacial score (nSPS) is 16.4. The van der Waals surface area contributed by atoms with Crippen LogP contribution in [-0.4, -0.2) is 6.61 Å². The van der Waals surface area contributed by atoms with Crippen molar-refractivity contribution >= 4 is 15.9 Å². The highest BCUT2D eigenvalue weighted by atomic mass is 79.9. The summed E-state index contributed by atoms with van der Waals surface area (Å²) in [4.78, 5) is 0. The predicted molar refractivity (Wildman–Crippen MR) is 71.1 cm³/mol. The summed E-state index contributed by atoms with van der Waals surface area (Å²) in [5.74, 6) is 0.962. The quantitative estimate of drug-likeness (QED) is 0.787. The number of ether oxygens (including phenoxy) is 1. The third-order valence-corrected chi connectivity index (χ3v) is 3.90. The fraction of sp³-hybridized carbons (Fsp3) is 0.429. The van der Waals surface area contributed by atoms with E-state index in [4.69, 9.17) is 4.74 Å². The molecule has 2 rings (SSSR count). The zero-order chi connectivity index (χ0) is 11.4. The molecule has 1 aliphatic carbocycles. The Labute approximate surface area is 106 Å². The SMILES string of the molecule is Cc1ccc(OCC2=C(Br)CCCC2)cc1. The van der Waals surface area contributed by atoms with E-state index in [0.29, 0.717) is 0 Å². The summed E-state index contributed by atoms with van der Waals surface area (Å²) >= 11 is 3.64. The molecule has 1 aromatic carbocycles. The summed E-state index contributed by atoms with van der Waals surface area (Å²) < 4.78 is 7.14. The molecule has 1 aliphatic rings. The van der Waals surface area contributed by atoms with Crippen molar-refractivity contribution in [2.24, 2.45) is 0 Å². The molecule has 0 amide bonds. The van der Waals surface area contributed by atoms with Gasteiger partial charge in [0.15, 0.2) is 0 Å². The molecule has 1 nitrogen and oxygen atoms in total. The lowest BCUT2D eigenvalue weighted by Crippen LogP contribution is -2.06. The van der Waals surface area contributed by atoms with Gasteiger partial charge in [-0.15, -0.1) is 0 Å². The van der Waals surface area contributed by atoms with Crippen LogP contribution in [-0.2, 0) is 0 Å². The zero-order valence-electron chi connectivity index (χ0n) is 9.63. The maximum Gasteiger partial charge on any atom is 0.119 e. The molecule has 86 valence electrons. The van der Waals surface area contributed by atoms with Gasteiger partial charge in [0.25, 0.3) is 0 Å². The number of aryl methyl sites for hydroxylation is 1. The van der Waals surface area contributed by atoms with E-state index in [9.17, 15) is 0 Å². The average molecular weight is 281 g/mol. The van der Waals surface area contributed by atoms with E-state index < -0.39 is 0 Å². The highest BCUT2D eigenvalue weighted by Crippen LogP contribution is 2.29. The second-order valence-electron chi connectivity index (χ2n) is 4.32. The van der Waals surface area contributed by atoms with Crippen LogP contribution in [0.25, 0.3) is 0 Å². The smallest absolute Gasteiger partial charge is 0.119 e. The van der Waals surface area contributed by atoms with E-state index >= 15 is 0 Å². The highest BCUT2D eigenvalue weighted by Gasteiger charge is 2.10. The minimum Gasteiger partial charge on any atom is -0.489 e. The Bertz CT molecular complexity index is 378. The number of hydrogen-bond acceptors (Lipinski definition) is 1. The maximum absolute atomic E-state index is 5.78. The van der Waals surface area contributed by atoms with Crippen molar-refractivity contribution in [1.82, 2.24) is 0 Å². The molecule has 0 N–H and O–H groups in total. The Balaban J connectivity index is 1.94. The molecule has 0 unspecified atom stereocenters. The van der Waals surface area contributed by atoms with Crippen LogP contribution in [0.4, 0.5) is 0 Å². The highest BCUT2D eigenvalue weighted by molar-refractivity contribution is 9.11. The molecule has 0 bridgehead atoms. The first-order chi connectivity index (χ1) is 7.75. The summed E-state index contributed by atoms with van der Waals surface area (Å²) in [5, 5.41) is 0. The van der Waals surface area contributed by atoms with Crippen molar-refractivity contribution in [3.8, 4) is 5.75 Å². The molecule has 1 aromatic rings. The molecule has 0 radical (unpaired) electrons. The summed E-state index contributed by atoms with van der Waals surface area (Å²) in [5.41, 5.74) is 2.69. The number of halogens is 1. The van der Waals surface area contributed by atoms with Crippen LogP contribution >= 0.6 is 15.9 Å². The van der Waals surface area contributed by atoms with E-state index in [1.165, 1.54) is 41.3 Å². The Morgan fingerprint density at radius 2 is 1.81 bits per heavy atom. The van der Waals surface area contributed by atoms with Crippen molar-refractivity contribution < 1.29 is 4.74 Å². The Hall–Kier alpha value is -0.760. The van der Waals surface area contributed by atoms with Gasteiger partial charge in [-0.2, -0.15) is 0 Å². The van der Waals surface area contributed by atoms with Gasteiger partial charge < -0.3 is 4.74 Å². The predicted octanol–water partition coefficient (Wildman–Crippen LogP) is 4.60. The second kappa shape index (κ2) is 5.53. The van der Waals surface area contributed by atoms with Gasteiger partial charge in [0.2, 0.25) is 0 Å². The van der Waals surface area contributed by atoms with E-state index in [0.717, 1.165) is 12.4 Å². The first-order valence-corrected chi connectivity index (χ1v) is 6.61. The maximum atomic E-state index is 5.78. The molecule has 0 saturated carbocycles. The lowest BCUT2D eigenvalue weighted by Gasteiger charge is -2.17. The van der Waals surface area contributed by atoms with E-state index in [1.54, 1.807) is 0 Å². The molecular weight excluding hydrogens is 264 g/mol. The molecule has 2 heteroatoms. The van der Waals surface area contributed by atoms with Crippen molar-refractivity contribution in [3.63, 3.8) is 0 Å². The van der Waals surface area contributed by atoms with E-state index in [2.05, 4.69) is 35.0 Å². The monoisotopic (exact) mass is 280 g/mol. The van der Waals surface area contributed by atoms with Gasteiger partial charge in [-0.3, -0.25) is 0 Å². The first kappa shape index (κ1) is 11.7. The summed E-state index contributed by atoms with van der Waals surface area (Å²) in [6.07, 6.45) is 4.94. The first-order valence-electron chi connectivity index (χ1n) is 5.81. The van der Waals surface area contributed by atoms with Gasteiger partial charge in [0.05, 0.1) is 0 Å². The Morgan fingerprint density at radius 1 is 1.12 bits per heavy atom. The summed E-state index contributed by atoms with van der Waals surface area (Å²) in [7, 11) is 0. The Morgan fingerprint density at radius 3 is 2.50 bits per heavy atom. The van der Waals surface area contributed by atoms with Crippen molar-refractivity contribution in [2.75, 3.05) is 6.61 Å². The van der Waals surface area contributed by atoms with Crippen molar-refractivity contribution in [1.29, 1.82) is 0 Å². The molecule has 0 atom stereocenters. The van der Waals surface area contributed by atoms with Crippen molar-refractivity contribution in [3.05, 3.63) is 39.9 Å². The largest absolute Gasteiger partial charge is 0.489 e. The van der Waals surface area contributed by atoms with Crippen LogP contribution < -0.4 is 4.74 Å². The lowest BCUT2D eigenvalue weighted by atomic mass is 10.0. The fourth-order valence-corrected chi connectivity index (χ4v) is 2.48. The van der Waals surface area contributed by atoms with Gasteiger partial charge in [0.1, 0.15) is 12.4 Å².